The summed E-state index contributed by atoms with van der Waals surface area (Å²) in [5.41, 5.74) is 2.41. The minimum absolute atomic E-state index is 0.0769. The molecule has 180 valence electrons. The van der Waals surface area contributed by atoms with Crippen LogP contribution in [0.4, 0.5) is 17.1 Å². The van der Waals surface area contributed by atoms with Crippen molar-refractivity contribution >= 4 is 63.2 Å². The highest BCUT2D eigenvalue weighted by molar-refractivity contribution is 14.1. The Morgan fingerprint density at radius 2 is 1.36 bits per heavy atom. The van der Waals surface area contributed by atoms with Gasteiger partial charge in [0, 0.05) is 37.5 Å². The lowest BCUT2D eigenvalue weighted by atomic mass is 10.1. The van der Waals surface area contributed by atoms with Crippen molar-refractivity contribution in [1.29, 1.82) is 0 Å². The predicted molar refractivity (Wildman–Crippen MR) is 150 cm³/mol. The van der Waals surface area contributed by atoms with Gasteiger partial charge < -0.3 is 10.6 Å². The van der Waals surface area contributed by atoms with Gasteiger partial charge in [0.1, 0.15) is 5.25 Å². The minimum Gasteiger partial charge on any atom is -0.325 e. The molecule has 0 aliphatic rings. The fourth-order valence-electron chi connectivity index (χ4n) is 3.33. The fourth-order valence-corrected chi connectivity index (χ4v) is 4.72. The van der Waals surface area contributed by atoms with Gasteiger partial charge in [-0.25, -0.2) is 0 Å². The second kappa shape index (κ2) is 11.8. The molecule has 7 nitrogen and oxygen atoms in total. The van der Waals surface area contributed by atoms with Crippen LogP contribution in [-0.2, 0) is 4.79 Å². The van der Waals surface area contributed by atoms with Gasteiger partial charge in [0.05, 0.1) is 4.92 Å². The zero-order valence-corrected chi connectivity index (χ0v) is 21.7. The standard InChI is InChI=1S/C27H20IN3O4S/c28-20-8-10-21(11-9-20)30-27(33)25(18-4-2-1-3-5-18)36-24-16-12-22(13-17-24)29-26(32)19-6-14-23(15-7-19)31(34)35/h1-17,25H,(H,29,32)(H,30,33). The Morgan fingerprint density at radius 1 is 0.778 bits per heavy atom. The third-order valence-electron chi connectivity index (χ3n) is 5.16. The van der Waals surface area contributed by atoms with Crippen LogP contribution in [-0.4, -0.2) is 16.7 Å². The number of nitrogens with zero attached hydrogens (tertiary/aromatic N) is 1. The molecule has 0 bridgehead atoms. The summed E-state index contributed by atoms with van der Waals surface area (Å²) in [6.07, 6.45) is 0. The van der Waals surface area contributed by atoms with Crippen molar-refractivity contribution in [2.45, 2.75) is 10.1 Å². The molecule has 0 aliphatic carbocycles. The molecule has 0 saturated heterocycles. The Labute approximate surface area is 225 Å². The van der Waals surface area contributed by atoms with E-state index in [0.717, 1.165) is 19.7 Å². The Bertz CT molecular complexity index is 1360. The third kappa shape index (κ3) is 6.70. The molecule has 4 rings (SSSR count). The van der Waals surface area contributed by atoms with Crippen molar-refractivity contribution < 1.29 is 14.5 Å². The number of nitro benzene ring substituents is 1. The summed E-state index contributed by atoms with van der Waals surface area (Å²) < 4.78 is 1.08. The monoisotopic (exact) mass is 609 g/mol. The Kier molecular flexibility index (Phi) is 8.34. The number of carbonyl (C=O) groups excluding carboxylic acids is 2. The molecule has 0 aliphatic heterocycles. The second-order valence-electron chi connectivity index (χ2n) is 7.69. The summed E-state index contributed by atoms with van der Waals surface area (Å²) in [6, 6.07) is 29.7. The number of thioether (sulfide) groups is 1. The minimum atomic E-state index is -0.512. The first kappa shape index (κ1) is 25.4. The number of non-ortho nitro benzene ring substituents is 1. The normalized spacial score (nSPS) is 11.4. The molecular formula is C27H20IN3O4S. The molecule has 0 heterocycles. The van der Waals surface area contributed by atoms with Crippen LogP contribution in [0.2, 0.25) is 0 Å². The molecule has 1 unspecified atom stereocenters. The lowest BCUT2D eigenvalue weighted by Crippen LogP contribution is -2.19. The van der Waals surface area contributed by atoms with E-state index < -0.39 is 10.2 Å². The molecule has 2 amide bonds. The first-order valence-electron chi connectivity index (χ1n) is 10.8. The SMILES string of the molecule is O=C(Nc1ccc(SC(C(=O)Nc2ccc(I)cc2)c2ccccc2)cc1)c1ccc([N+](=O)[O-])cc1. The highest BCUT2D eigenvalue weighted by Crippen LogP contribution is 2.36. The van der Waals surface area contributed by atoms with Crippen LogP contribution in [0.5, 0.6) is 0 Å². The van der Waals surface area contributed by atoms with Crippen molar-refractivity contribution in [3.05, 3.63) is 128 Å². The molecule has 2 N–H and O–H groups in total. The van der Waals surface area contributed by atoms with E-state index in [2.05, 4.69) is 33.2 Å². The summed E-state index contributed by atoms with van der Waals surface area (Å²) in [6.45, 7) is 0. The molecule has 0 aromatic heterocycles. The molecule has 0 saturated carbocycles. The largest absolute Gasteiger partial charge is 0.325 e. The number of benzene rings is 4. The molecule has 1 atom stereocenters. The number of hydrogen-bond donors (Lipinski definition) is 2. The van der Waals surface area contributed by atoms with Gasteiger partial charge in [-0.1, -0.05) is 30.3 Å². The maximum Gasteiger partial charge on any atom is 0.269 e. The zero-order chi connectivity index (χ0) is 25.5. The van der Waals surface area contributed by atoms with E-state index in [4.69, 9.17) is 0 Å². The second-order valence-corrected chi connectivity index (χ2v) is 10.1. The first-order valence-corrected chi connectivity index (χ1v) is 12.8. The molecule has 9 heteroatoms. The first-order chi connectivity index (χ1) is 17.4. The van der Waals surface area contributed by atoms with Crippen molar-refractivity contribution in [1.82, 2.24) is 0 Å². The molecule has 36 heavy (non-hydrogen) atoms. The summed E-state index contributed by atoms with van der Waals surface area (Å²) in [5, 5.41) is 16.1. The van der Waals surface area contributed by atoms with Crippen molar-refractivity contribution in [3.63, 3.8) is 0 Å². The van der Waals surface area contributed by atoms with E-state index in [1.165, 1.54) is 36.0 Å². The van der Waals surface area contributed by atoms with Gasteiger partial charge in [-0.3, -0.25) is 19.7 Å². The number of anilines is 2. The van der Waals surface area contributed by atoms with Gasteiger partial charge in [0.15, 0.2) is 0 Å². The van der Waals surface area contributed by atoms with Crippen LogP contribution in [0.3, 0.4) is 0 Å². The number of nitro groups is 1. The van der Waals surface area contributed by atoms with Crippen molar-refractivity contribution in [3.8, 4) is 0 Å². The van der Waals surface area contributed by atoms with Gasteiger partial charge in [-0.2, -0.15) is 0 Å². The highest BCUT2D eigenvalue weighted by Gasteiger charge is 2.22. The average Bonchev–Trinajstić information content (AvgIpc) is 2.90. The van der Waals surface area contributed by atoms with E-state index >= 15 is 0 Å². The number of amides is 2. The quantitative estimate of drug-likeness (QED) is 0.0978. The van der Waals surface area contributed by atoms with Crippen LogP contribution >= 0.6 is 34.4 Å². The van der Waals surface area contributed by atoms with Crippen LogP contribution < -0.4 is 10.6 Å². The van der Waals surface area contributed by atoms with Crippen molar-refractivity contribution in [2.75, 3.05) is 10.6 Å². The van der Waals surface area contributed by atoms with E-state index in [0.29, 0.717) is 11.3 Å². The summed E-state index contributed by atoms with van der Waals surface area (Å²) >= 11 is 3.63. The topological polar surface area (TPSA) is 101 Å². The summed E-state index contributed by atoms with van der Waals surface area (Å²) in [4.78, 5) is 36.8. The smallest absolute Gasteiger partial charge is 0.269 e. The zero-order valence-electron chi connectivity index (χ0n) is 18.8. The summed E-state index contributed by atoms with van der Waals surface area (Å²) in [5.74, 6) is -0.507. The lowest BCUT2D eigenvalue weighted by Gasteiger charge is -2.17. The molecule has 4 aromatic carbocycles. The number of halogens is 1. The van der Waals surface area contributed by atoms with E-state index in [1.807, 2.05) is 66.7 Å². The third-order valence-corrected chi connectivity index (χ3v) is 7.14. The van der Waals surface area contributed by atoms with Gasteiger partial charge in [-0.15, -0.1) is 11.8 Å². The van der Waals surface area contributed by atoms with Gasteiger partial charge in [0.2, 0.25) is 5.91 Å². The number of rotatable bonds is 8. The summed E-state index contributed by atoms with van der Waals surface area (Å²) in [7, 11) is 0. The van der Waals surface area contributed by atoms with Crippen LogP contribution in [0, 0.1) is 13.7 Å². The number of nitrogens with one attached hydrogen (secondary N) is 2. The van der Waals surface area contributed by atoms with Gasteiger partial charge >= 0.3 is 0 Å². The van der Waals surface area contributed by atoms with E-state index in [1.54, 1.807) is 12.1 Å². The average molecular weight is 609 g/mol. The Morgan fingerprint density at radius 3 is 1.97 bits per heavy atom. The maximum atomic E-state index is 13.2. The molecule has 0 radical (unpaired) electrons. The predicted octanol–water partition coefficient (Wildman–Crippen LogP) is 6.92. The van der Waals surface area contributed by atoms with Crippen molar-refractivity contribution in [2.24, 2.45) is 0 Å². The maximum absolute atomic E-state index is 13.2. The van der Waals surface area contributed by atoms with E-state index in [9.17, 15) is 19.7 Å². The Hall–Kier alpha value is -3.70. The van der Waals surface area contributed by atoms with Crippen LogP contribution in [0.25, 0.3) is 0 Å². The van der Waals surface area contributed by atoms with E-state index in [-0.39, 0.29) is 17.5 Å². The molecule has 4 aromatic rings. The Balaban J connectivity index is 1.46. The van der Waals surface area contributed by atoms with Gasteiger partial charge in [0.25, 0.3) is 11.6 Å². The number of hydrogen-bond acceptors (Lipinski definition) is 5. The molecule has 0 spiro atoms. The van der Waals surface area contributed by atoms with Gasteiger partial charge in [-0.05, 0) is 88.8 Å². The molecule has 0 fully saturated rings. The van der Waals surface area contributed by atoms with Crippen LogP contribution in [0.15, 0.2) is 108 Å². The number of carbonyl (C=O) groups is 2. The van der Waals surface area contributed by atoms with Crippen LogP contribution in [0.1, 0.15) is 21.2 Å². The highest BCUT2D eigenvalue weighted by atomic mass is 127. The molecular weight excluding hydrogens is 589 g/mol. The lowest BCUT2D eigenvalue weighted by molar-refractivity contribution is -0.384. The fraction of sp³-hybridized carbons (Fsp3) is 0.0370.